The average molecular weight is 380 g/mol. The van der Waals surface area contributed by atoms with Gasteiger partial charge in [-0.2, -0.15) is 0 Å². The maximum absolute atomic E-state index is 13.0. The zero-order valence-electron chi connectivity index (χ0n) is 16.7. The SMILES string of the molecule is Cc1nc(C2CCCN(C(=O)c3ccc(O)c(C)c3)C2)cc(N2CCCC2)n1. The highest BCUT2D eigenvalue weighted by Gasteiger charge is 2.27. The number of carbonyl (C=O) groups excluding carboxylic acids is 1. The second-order valence-corrected chi connectivity index (χ2v) is 7.98. The molecule has 1 unspecified atom stereocenters. The normalized spacial score (nSPS) is 19.9. The lowest BCUT2D eigenvalue weighted by Gasteiger charge is -2.33. The minimum atomic E-state index is 0.0262. The fraction of sp³-hybridized carbons (Fsp3) is 0.500. The van der Waals surface area contributed by atoms with Gasteiger partial charge in [0.2, 0.25) is 0 Å². The second kappa shape index (κ2) is 7.78. The van der Waals surface area contributed by atoms with Crippen molar-refractivity contribution in [1.29, 1.82) is 0 Å². The van der Waals surface area contributed by atoms with Crippen LogP contribution in [0.4, 0.5) is 5.82 Å². The van der Waals surface area contributed by atoms with Crippen LogP contribution in [0.3, 0.4) is 0 Å². The molecule has 2 aromatic rings. The van der Waals surface area contributed by atoms with Crippen LogP contribution in [0, 0.1) is 13.8 Å². The van der Waals surface area contributed by atoms with Gasteiger partial charge in [0.15, 0.2) is 0 Å². The van der Waals surface area contributed by atoms with Gasteiger partial charge in [0.05, 0.1) is 5.69 Å². The number of aromatic hydroxyl groups is 1. The number of phenolic OH excluding ortho intramolecular Hbond substituents is 1. The molecule has 3 heterocycles. The number of piperidine rings is 1. The van der Waals surface area contributed by atoms with Crippen LogP contribution in [0.2, 0.25) is 0 Å². The molecule has 0 spiro atoms. The molecule has 1 amide bonds. The molecule has 148 valence electrons. The van der Waals surface area contributed by atoms with Crippen molar-refractivity contribution in [3.8, 4) is 5.75 Å². The van der Waals surface area contributed by atoms with Crippen LogP contribution >= 0.6 is 0 Å². The number of nitrogens with zero attached hydrogens (tertiary/aromatic N) is 4. The molecule has 2 saturated heterocycles. The van der Waals surface area contributed by atoms with Gasteiger partial charge in [-0.05, 0) is 63.3 Å². The first-order valence-corrected chi connectivity index (χ1v) is 10.2. The van der Waals surface area contributed by atoms with Crippen molar-refractivity contribution >= 4 is 11.7 Å². The monoisotopic (exact) mass is 380 g/mol. The lowest BCUT2D eigenvalue weighted by Crippen LogP contribution is -2.39. The predicted octanol–water partition coefficient (Wildman–Crippen LogP) is 3.42. The first-order chi connectivity index (χ1) is 13.5. The van der Waals surface area contributed by atoms with Gasteiger partial charge in [-0.25, -0.2) is 9.97 Å². The molecular formula is C22H28N4O2. The maximum Gasteiger partial charge on any atom is 0.253 e. The van der Waals surface area contributed by atoms with Crippen molar-refractivity contribution in [1.82, 2.24) is 14.9 Å². The van der Waals surface area contributed by atoms with Gasteiger partial charge in [0.1, 0.15) is 17.4 Å². The largest absolute Gasteiger partial charge is 0.508 e. The van der Waals surface area contributed by atoms with Crippen LogP contribution in [0.5, 0.6) is 5.75 Å². The highest BCUT2D eigenvalue weighted by molar-refractivity contribution is 5.94. The van der Waals surface area contributed by atoms with Gasteiger partial charge in [0, 0.05) is 43.7 Å². The lowest BCUT2D eigenvalue weighted by atomic mass is 9.93. The number of aromatic nitrogens is 2. The summed E-state index contributed by atoms with van der Waals surface area (Å²) in [6.45, 7) is 7.33. The first-order valence-electron chi connectivity index (χ1n) is 10.2. The smallest absolute Gasteiger partial charge is 0.253 e. The number of hydrogen-bond acceptors (Lipinski definition) is 5. The van der Waals surface area contributed by atoms with Gasteiger partial charge in [-0.15, -0.1) is 0 Å². The summed E-state index contributed by atoms with van der Waals surface area (Å²) in [6.07, 6.45) is 4.44. The molecule has 2 aliphatic heterocycles. The van der Waals surface area contributed by atoms with Crippen LogP contribution in [0.1, 0.15) is 59.0 Å². The highest BCUT2D eigenvalue weighted by Crippen LogP contribution is 2.30. The minimum Gasteiger partial charge on any atom is -0.508 e. The van der Waals surface area contributed by atoms with Crippen molar-refractivity contribution in [3.05, 3.63) is 46.9 Å². The van der Waals surface area contributed by atoms with Crippen molar-refractivity contribution in [2.45, 2.75) is 45.4 Å². The molecule has 1 atom stereocenters. The molecule has 6 nitrogen and oxygen atoms in total. The van der Waals surface area contributed by atoms with Gasteiger partial charge in [0.25, 0.3) is 5.91 Å². The standard InChI is InChI=1S/C22H28N4O2/c1-15-12-17(7-8-20(15)27)22(28)26-11-5-6-18(14-26)19-13-21(24-16(2)23-19)25-9-3-4-10-25/h7-8,12-13,18,27H,3-6,9-11,14H2,1-2H3. The molecule has 2 aliphatic rings. The zero-order chi connectivity index (χ0) is 19.7. The van der Waals surface area contributed by atoms with Crippen molar-refractivity contribution in [3.63, 3.8) is 0 Å². The molecule has 28 heavy (non-hydrogen) atoms. The zero-order valence-corrected chi connectivity index (χ0v) is 16.7. The Bertz CT molecular complexity index is 877. The molecule has 0 saturated carbocycles. The minimum absolute atomic E-state index is 0.0262. The van der Waals surface area contributed by atoms with E-state index in [1.54, 1.807) is 18.2 Å². The summed E-state index contributed by atoms with van der Waals surface area (Å²) >= 11 is 0. The van der Waals surface area contributed by atoms with E-state index in [0.717, 1.165) is 55.4 Å². The number of carbonyl (C=O) groups is 1. The summed E-state index contributed by atoms with van der Waals surface area (Å²) in [6, 6.07) is 7.19. The summed E-state index contributed by atoms with van der Waals surface area (Å²) in [5.74, 6) is 2.31. The van der Waals surface area contributed by atoms with E-state index in [9.17, 15) is 9.90 Å². The van der Waals surface area contributed by atoms with Gasteiger partial charge in [-0.3, -0.25) is 4.79 Å². The van der Waals surface area contributed by atoms with E-state index in [4.69, 9.17) is 4.98 Å². The Balaban J connectivity index is 1.53. The number of aryl methyl sites for hydroxylation is 2. The first kappa shape index (κ1) is 18.7. The Morgan fingerprint density at radius 2 is 1.86 bits per heavy atom. The maximum atomic E-state index is 13.0. The molecule has 1 N–H and O–H groups in total. The Labute approximate surface area is 166 Å². The van der Waals surface area contributed by atoms with Crippen molar-refractivity contribution in [2.24, 2.45) is 0 Å². The van der Waals surface area contributed by atoms with Gasteiger partial charge < -0.3 is 14.9 Å². The van der Waals surface area contributed by atoms with Gasteiger partial charge >= 0.3 is 0 Å². The fourth-order valence-corrected chi connectivity index (χ4v) is 4.27. The third-order valence-corrected chi connectivity index (χ3v) is 5.84. The molecule has 6 heteroatoms. The van der Waals surface area contributed by atoms with Crippen molar-refractivity contribution in [2.75, 3.05) is 31.1 Å². The summed E-state index contributed by atoms with van der Waals surface area (Å²) in [5, 5.41) is 9.73. The molecule has 2 fully saturated rings. The number of amides is 1. The predicted molar refractivity (Wildman–Crippen MR) is 109 cm³/mol. The molecular weight excluding hydrogens is 352 g/mol. The third-order valence-electron chi connectivity index (χ3n) is 5.84. The number of likely N-dealkylation sites (tertiary alicyclic amines) is 1. The van der Waals surface area contributed by atoms with Crippen LogP contribution in [0.25, 0.3) is 0 Å². The number of benzene rings is 1. The average Bonchev–Trinajstić information content (AvgIpc) is 3.24. The Kier molecular flexibility index (Phi) is 5.20. The Morgan fingerprint density at radius 1 is 1.07 bits per heavy atom. The van der Waals surface area contributed by atoms with E-state index in [0.29, 0.717) is 12.1 Å². The summed E-state index contributed by atoms with van der Waals surface area (Å²) in [4.78, 5) is 26.6. The topological polar surface area (TPSA) is 69.6 Å². The van der Waals surface area contributed by atoms with E-state index >= 15 is 0 Å². The number of anilines is 1. The fourth-order valence-electron chi connectivity index (χ4n) is 4.27. The highest BCUT2D eigenvalue weighted by atomic mass is 16.3. The van der Waals surface area contributed by atoms with E-state index in [1.165, 1.54) is 12.8 Å². The quantitative estimate of drug-likeness (QED) is 0.884. The van der Waals surface area contributed by atoms with Crippen molar-refractivity contribution < 1.29 is 9.90 Å². The summed E-state index contributed by atoms with van der Waals surface area (Å²) in [5.41, 5.74) is 2.41. The number of hydrogen-bond donors (Lipinski definition) is 1. The third kappa shape index (κ3) is 3.81. The van der Waals surface area contributed by atoms with Crippen LogP contribution < -0.4 is 4.90 Å². The van der Waals surface area contributed by atoms with Crippen LogP contribution in [0.15, 0.2) is 24.3 Å². The lowest BCUT2D eigenvalue weighted by molar-refractivity contribution is 0.0705. The summed E-state index contributed by atoms with van der Waals surface area (Å²) in [7, 11) is 0. The number of phenols is 1. The van der Waals surface area contributed by atoms with Gasteiger partial charge in [-0.1, -0.05) is 0 Å². The molecule has 0 aliphatic carbocycles. The second-order valence-electron chi connectivity index (χ2n) is 7.98. The molecule has 1 aromatic heterocycles. The van der Waals surface area contributed by atoms with Crippen LogP contribution in [-0.2, 0) is 0 Å². The molecule has 4 rings (SSSR count). The van der Waals surface area contributed by atoms with E-state index in [1.807, 2.05) is 18.7 Å². The van der Waals surface area contributed by atoms with E-state index in [-0.39, 0.29) is 17.6 Å². The Hall–Kier alpha value is -2.63. The number of rotatable bonds is 3. The van der Waals surface area contributed by atoms with E-state index in [2.05, 4.69) is 16.0 Å². The Morgan fingerprint density at radius 3 is 2.61 bits per heavy atom. The van der Waals surface area contributed by atoms with E-state index < -0.39 is 0 Å². The molecule has 0 bridgehead atoms. The summed E-state index contributed by atoms with van der Waals surface area (Å²) < 4.78 is 0. The van der Waals surface area contributed by atoms with Crippen LogP contribution in [-0.4, -0.2) is 52.1 Å². The molecule has 0 radical (unpaired) electrons. The molecule has 1 aromatic carbocycles.